The number of hydrogen-bond acceptors (Lipinski definition) is 4. The summed E-state index contributed by atoms with van der Waals surface area (Å²) < 4.78 is 4.93. The summed E-state index contributed by atoms with van der Waals surface area (Å²) in [5.74, 6) is -0.659. The van der Waals surface area contributed by atoms with E-state index in [2.05, 4.69) is 5.32 Å². The van der Waals surface area contributed by atoms with Crippen molar-refractivity contribution in [3.8, 4) is 5.75 Å². The number of nitrogens with one attached hydrogen (secondary N) is 1. The predicted octanol–water partition coefficient (Wildman–Crippen LogP) is 1.84. The van der Waals surface area contributed by atoms with Crippen molar-refractivity contribution in [2.75, 3.05) is 13.2 Å². The van der Waals surface area contributed by atoms with Gasteiger partial charge >= 0.3 is 5.97 Å². The van der Waals surface area contributed by atoms with E-state index in [1.807, 2.05) is 30.3 Å². The van der Waals surface area contributed by atoms with Crippen molar-refractivity contribution in [1.29, 1.82) is 0 Å². The molecule has 120 valence electrons. The Hall–Kier alpha value is -2.82. The molecule has 1 amide bonds. The van der Waals surface area contributed by atoms with E-state index in [0.717, 1.165) is 17.5 Å². The summed E-state index contributed by atoms with van der Waals surface area (Å²) in [6.07, 6.45) is 0.797. The zero-order valence-electron chi connectivity index (χ0n) is 12.7. The van der Waals surface area contributed by atoms with E-state index < -0.39 is 5.97 Å². The molecule has 0 unspecified atom stereocenters. The molecule has 0 heterocycles. The lowest BCUT2D eigenvalue weighted by Gasteiger charge is -2.07. The van der Waals surface area contributed by atoms with Gasteiger partial charge in [0, 0.05) is 6.54 Å². The molecule has 2 aromatic carbocycles. The minimum atomic E-state index is -0.478. The largest absolute Gasteiger partial charge is 0.508 e. The maximum Gasteiger partial charge on any atom is 0.310 e. The summed E-state index contributed by atoms with van der Waals surface area (Å²) in [7, 11) is 0. The van der Waals surface area contributed by atoms with Gasteiger partial charge in [-0.1, -0.05) is 42.5 Å². The second kappa shape index (κ2) is 8.58. The number of phenols is 1. The fourth-order valence-corrected chi connectivity index (χ4v) is 2.02. The molecule has 23 heavy (non-hydrogen) atoms. The van der Waals surface area contributed by atoms with E-state index >= 15 is 0 Å². The quantitative estimate of drug-likeness (QED) is 0.765. The zero-order chi connectivity index (χ0) is 16.5. The van der Waals surface area contributed by atoms with E-state index in [4.69, 9.17) is 9.84 Å². The zero-order valence-corrected chi connectivity index (χ0v) is 12.7. The average Bonchev–Trinajstić information content (AvgIpc) is 2.56. The Bertz CT molecular complexity index is 638. The average molecular weight is 313 g/mol. The Balaban J connectivity index is 1.63. The molecule has 0 radical (unpaired) electrons. The number of benzene rings is 2. The molecular weight excluding hydrogens is 294 g/mol. The van der Waals surface area contributed by atoms with Crippen LogP contribution in [0.2, 0.25) is 0 Å². The van der Waals surface area contributed by atoms with E-state index in [1.54, 1.807) is 12.1 Å². The third-order valence-electron chi connectivity index (χ3n) is 3.23. The molecule has 2 N–H and O–H groups in total. The highest BCUT2D eigenvalue weighted by atomic mass is 16.5. The molecule has 0 spiro atoms. The Kier molecular flexibility index (Phi) is 6.17. The lowest BCUT2D eigenvalue weighted by Crippen LogP contribution is -2.30. The van der Waals surface area contributed by atoms with Gasteiger partial charge in [-0.05, 0) is 29.7 Å². The first kappa shape index (κ1) is 16.5. The number of phenolic OH excluding ortho intramolecular Hbond substituents is 1. The second-order valence-corrected chi connectivity index (χ2v) is 5.09. The Morgan fingerprint density at radius 3 is 2.35 bits per heavy atom. The molecule has 0 fully saturated rings. The van der Waals surface area contributed by atoms with Crippen LogP contribution in [0.1, 0.15) is 11.1 Å². The van der Waals surface area contributed by atoms with Gasteiger partial charge in [0.25, 0.3) is 5.91 Å². The summed E-state index contributed by atoms with van der Waals surface area (Å²) in [4.78, 5) is 23.2. The van der Waals surface area contributed by atoms with Crippen molar-refractivity contribution in [3.05, 3.63) is 65.7 Å². The predicted molar refractivity (Wildman–Crippen MR) is 85.9 cm³/mol. The van der Waals surface area contributed by atoms with Gasteiger partial charge in [0.15, 0.2) is 6.61 Å². The SMILES string of the molecule is O=C(COC(=O)Cc1ccc(O)cc1)NCCc1ccccc1. The van der Waals surface area contributed by atoms with Crippen LogP contribution in [0.4, 0.5) is 0 Å². The third kappa shape index (κ3) is 6.22. The van der Waals surface area contributed by atoms with E-state index in [9.17, 15) is 9.59 Å². The molecule has 5 heteroatoms. The number of amides is 1. The summed E-state index contributed by atoms with van der Waals surface area (Å²) >= 11 is 0. The van der Waals surface area contributed by atoms with Crippen LogP contribution in [-0.4, -0.2) is 30.1 Å². The van der Waals surface area contributed by atoms with Crippen LogP contribution >= 0.6 is 0 Å². The van der Waals surface area contributed by atoms with Gasteiger partial charge in [0.2, 0.25) is 0 Å². The highest BCUT2D eigenvalue weighted by Gasteiger charge is 2.08. The molecule has 2 rings (SSSR count). The van der Waals surface area contributed by atoms with Crippen molar-refractivity contribution in [2.45, 2.75) is 12.8 Å². The van der Waals surface area contributed by atoms with Crippen LogP contribution in [-0.2, 0) is 27.2 Å². The molecule has 0 saturated carbocycles. The summed E-state index contributed by atoms with van der Waals surface area (Å²) in [5, 5.41) is 11.9. The monoisotopic (exact) mass is 313 g/mol. The minimum Gasteiger partial charge on any atom is -0.508 e. The molecule has 5 nitrogen and oxygen atoms in total. The van der Waals surface area contributed by atoms with Crippen molar-refractivity contribution in [1.82, 2.24) is 5.32 Å². The van der Waals surface area contributed by atoms with Crippen LogP contribution < -0.4 is 5.32 Å². The Morgan fingerprint density at radius 1 is 0.957 bits per heavy atom. The van der Waals surface area contributed by atoms with E-state index in [1.165, 1.54) is 12.1 Å². The lowest BCUT2D eigenvalue weighted by molar-refractivity contribution is -0.147. The molecule has 0 bridgehead atoms. The summed E-state index contributed by atoms with van der Waals surface area (Å²) in [5.41, 5.74) is 1.86. The van der Waals surface area contributed by atoms with Gasteiger partial charge in [-0.3, -0.25) is 9.59 Å². The molecule has 0 saturated heterocycles. The smallest absolute Gasteiger partial charge is 0.310 e. The standard InChI is InChI=1S/C18H19NO4/c20-16-8-6-15(7-9-16)12-18(22)23-13-17(21)19-11-10-14-4-2-1-3-5-14/h1-9,20H,10-13H2,(H,19,21). The Morgan fingerprint density at radius 2 is 1.65 bits per heavy atom. The fourth-order valence-electron chi connectivity index (χ4n) is 2.02. The number of carbonyl (C=O) groups excluding carboxylic acids is 2. The van der Waals surface area contributed by atoms with Gasteiger partial charge in [0.1, 0.15) is 5.75 Å². The van der Waals surface area contributed by atoms with E-state index in [-0.39, 0.29) is 24.7 Å². The van der Waals surface area contributed by atoms with Gasteiger partial charge in [-0.2, -0.15) is 0 Å². The van der Waals surface area contributed by atoms with Crippen LogP contribution in [0.25, 0.3) is 0 Å². The van der Waals surface area contributed by atoms with Gasteiger partial charge in [-0.15, -0.1) is 0 Å². The Labute approximate surface area is 134 Å². The maximum absolute atomic E-state index is 11.6. The fraction of sp³-hybridized carbons (Fsp3) is 0.222. The van der Waals surface area contributed by atoms with Crippen molar-refractivity contribution in [2.24, 2.45) is 0 Å². The number of ether oxygens (including phenoxy) is 1. The van der Waals surface area contributed by atoms with Crippen molar-refractivity contribution >= 4 is 11.9 Å². The first-order valence-corrected chi connectivity index (χ1v) is 7.37. The van der Waals surface area contributed by atoms with Crippen molar-refractivity contribution in [3.63, 3.8) is 0 Å². The molecule has 0 aliphatic carbocycles. The van der Waals surface area contributed by atoms with E-state index in [0.29, 0.717) is 6.54 Å². The number of aromatic hydroxyl groups is 1. The van der Waals surface area contributed by atoms with Crippen LogP contribution in [0, 0.1) is 0 Å². The molecule has 0 aliphatic rings. The maximum atomic E-state index is 11.6. The topological polar surface area (TPSA) is 75.6 Å². The number of esters is 1. The van der Waals surface area contributed by atoms with Crippen LogP contribution in [0.5, 0.6) is 5.75 Å². The highest BCUT2D eigenvalue weighted by Crippen LogP contribution is 2.10. The normalized spacial score (nSPS) is 10.1. The molecular formula is C18H19NO4. The van der Waals surface area contributed by atoms with Gasteiger partial charge in [0.05, 0.1) is 6.42 Å². The molecule has 2 aromatic rings. The molecule has 0 aliphatic heterocycles. The molecule has 0 atom stereocenters. The lowest BCUT2D eigenvalue weighted by atomic mass is 10.1. The van der Waals surface area contributed by atoms with Crippen molar-refractivity contribution < 1.29 is 19.4 Å². The second-order valence-electron chi connectivity index (χ2n) is 5.09. The van der Waals surface area contributed by atoms with Gasteiger partial charge < -0.3 is 15.2 Å². The summed E-state index contributed by atoms with van der Waals surface area (Å²) in [6, 6.07) is 16.1. The van der Waals surface area contributed by atoms with Crippen LogP contribution in [0.3, 0.4) is 0 Å². The first-order chi connectivity index (χ1) is 11.1. The minimum absolute atomic E-state index is 0.0670. The van der Waals surface area contributed by atoms with Crippen LogP contribution in [0.15, 0.2) is 54.6 Å². The third-order valence-corrected chi connectivity index (χ3v) is 3.23. The highest BCUT2D eigenvalue weighted by molar-refractivity contribution is 5.81. The van der Waals surface area contributed by atoms with Gasteiger partial charge in [-0.25, -0.2) is 0 Å². The summed E-state index contributed by atoms with van der Waals surface area (Å²) in [6.45, 7) is 0.212. The number of hydrogen-bond donors (Lipinski definition) is 2. The molecule has 0 aromatic heterocycles. The number of carbonyl (C=O) groups is 2. The first-order valence-electron chi connectivity index (χ1n) is 7.37. The number of rotatable bonds is 7.